The molecule has 4 aromatic rings. The van der Waals surface area contributed by atoms with Crippen LogP contribution in [-0.4, -0.2) is 16.2 Å². The second-order valence-electron chi connectivity index (χ2n) is 5.15. The number of hydrogen-bond donors (Lipinski definition) is 1. The molecule has 7 heteroatoms. The lowest BCUT2D eigenvalue weighted by molar-refractivity contribution is 0.563. The highest BCUT2D eigenvalue weighted by Crippen LogP contribution is 2.25. The maximum Gasteiger partial charge on any atom is 0.345 e. The molecule has 0 aliphatic heterocycles. The van der Waals surface area contributed by atoms with Crippen LogP contribution in [0.3, 0.4) is 0 Å². The molecule has 0 unspecified atom stereocenters. The summed E-state index contributed by atoms with van der Waals surface area (Å²) in [7, 11) is 0. The molecule has 4 rings (SSSR count). The first kappa shape index (κ1) is 15.2. The minimum Gasteiger partial charge on any atom is -0.422 e. The number of thiazole rings is 1. The van der Waals surface area contributed by atoms with Gasteiger partial charge in [0, 0.05) is 17.0 Å². The van der Waals surface area contributed by atoms with E-state index in [9.17, 15) is 4.79 Å². The zero-order chi connectivity index (χ0) is 17.1. The van der Waals surface area contributed by atoms with Gasteiger partial charge in [0.1, 0.15) is 5.58 Å². The maximum absolute atomic E-state index is 12.2. The van der Waals surface area contributed by atoms with Crippen molar-refractivity contribution in [3.63, 3.8) is 0 Å². The van der Waals surface area contributed by atoms with E-state index in [4.69, 9.17) is 4.42 Å². The number of hydrazone groups is 1. The number of nitrogens with one attached hydrogen (secondary N) is 1. The molecule has 0 spiro atoms. The Labute approximate surface area is 146 Å². The van der Waals surface area contributed by atoms with Crippen LogP contribution in [0.15, 0.2) is 74.4 Å². The molecule has 6 nitrogen and oxygen atoms in total. The molecule has 0 aliphatic rings. The van der Waals surface area contributed by atoms with Crippen LogP contribution in [0.25, 0.3) is 22.2 Å². The highest BCUT2D eigenvalue weighted by atomic mass is 32.1. The van der Waals surface area contributed by atoms with E-state index in [0.717, 1.165) is 11.1 Å². The fraction of sp³-hybridized carbons (Fsp3) is 0. The fourth-order valence-electron chi connectivity index (χ4n) is 2.30. The third kappa shape index (κ3) is 3.31. The number of fused-ring (bicyclic) bond motifs is 1. The van der Waals surface area contributed by atoms with Gasteiger partial charge in [0.25, 0.3) is 0 Å². The molecular weight excluding hydrogens is 336 g/mol. The van der Waals surface area contributed by atoms with Crippen LogP contribution in [0.2, 0.25) is 0 Å². The smallest absolute Gasteiger partial charge is 0.345 e. The number of anilines is 1. The first-order chi connectivity index (χ1) is 12.3. The molecule has 1 aromatic carbocycles. The minimum atomic E-state index is -0.410. The van der Waals surface area contributed by atoms with Crippen molar-refractivity contribution < 1.29 is 4.42 Å². The number of aromatic nitrogens is 2. The van der Waals surface area contributed by atoms with Gasteiger partial charge < -0.3 is 4.42 Å². The Morgan fingerprint density at radius 3 is 2.92 bits per heavy atom. The Balaban J connectivity index is 1.58. The predicted octanol–water partition coefficient (Wildman–Crippen LogP) is 3.76. The summed E-state index contributed by atoms with van der Waals surface area (Å²) in [5.41, 5.74) is 4.72. The topological polar surface area (TPSA) is 80.4 Å². The third-order valence-electron chi connectivity index (χ3n) is 3.47. The standard InChI is InChI=1S/C18H12N4O2S/c23-17-14(9-12-5-1-2-7-16(12)24-17)15-11-25-18(21-15)22-20-10-13-6-3-4-8-19-13/h1-11H,(H,21,22). The van der Waals surface area contributed by atoms with Gasteiger partial charge >= 0.3 is 5.63 Å². The minimum absolute atomic E-state index is 0.410. The molecule has 0 amide bonds. The van der Waals surface area contributed by atoms with Crippen molar-refractivity contribution >= 4 is 33.7 Å². The number of pyridine rings is 1. The van der Waals surface area contributed by atoms with Crippen LogP contribution < -0.4 is 11.1 Å². The van der Waals surface area contributed by atoms with Crippen LogP contribution in [0, 0.1) is 0 Å². The maximum atomic E-state index is 12.2. The molecule has 0 radical (unpaired) electrons. The third-order valence-corrected chi connectivity index (χ3v) is 4.21. The zero-order valence-electron chi connectivity index (χ0n) is 12.9. The molecule has 0 saturated carbocycles. The van der Waals surface area contributed by atoms with Gasteiger partial charge in [0.2, 0.25) is 5.13 Å². The van der Waals surface area contributed by atoms with E-state index in [0.29, 0.717) is 22.0 Å². The van der Waals surface area contributed by atoms with Crippen molar-refractivity contribution in [2.45, 2.75) is 0 Å². The van der Waals surface area contributed by atoms with Crippen molar-refractivity contribution in [1.29, 1.82) is 0 Å². The van der Waals surface area contributed by atoms with E-state index in [2.05, 4.69) is 20.5 Å². The van der Waals surface area contributed by atoms with Gasteiger partial charge in [-0.25, -0.2) is 9.78 Å². The second kappa shape index (κ2) is 6.66. The Hall–Kier alpha value is -3.32. The number of benzene rings is 1. The SMILES string of the molecule is O=c1oc2ccccc2cc1-c1csc(NN=Cc2ccccn2)n1. The first-order valence-electron chi connectivity index (χ1n) is 7.48. The van der Waals surface area contributed by atoms with Gasteiger partial charge in [-0.3, -0.25) is 10.4 Å². The molecule has 0 atom stereocenters. The van der Waals surface area contributed by atoms with Gasteiger partial charge in [-0.05, 0) is 24.3 Å². The van der Waals surface area contributed by atoms with Crippen LogP contribution in [0.4, 0.5) is 5.13 Å². The highest BCUT2D eigenvalue weighted by Gasteiger charge is 2.11. The van der Waals surface area contributed by atoms with Crippen molar-refractivity contribution in [2.75, 3.05) is 5.43 Å². The number of hydrogen-bond acceptors (Lipinski definition) is 7. The van der Waals surface area contributed by atoms with E-state index in [1.807, 2.05) is 36.4 Å². The number of para-hydroxylation sites is 1. The second-order valence-corrected chi connectivity index (χ2v) is 6.01. The Morgan fingerprint density at radius 1 is 1.16 bits per heavy atom. The molecule has 3 heterocycles. The van der Waals surface area contributed by atoms with Gasteiger partial charge in [-0.1, -0.05) is 24.3 Å². The normalized spacial score (nSPS) is 11.2. The van der Waals surface area contributed by atoms with Crippen molar-refractivity contribution in [1.82, 2.24) is 9.97 Å². The number of rotatable bonds is 4. The van der Waals surface area contributed by atoms with Crippen LogP contribution in [0.5, 0.6) is 0 Å². The zero-order valence-corrected chi connectivity index (χ0v) is 13.7. The number of nitrogens with zero attached hydrogens (tertiary/aromatic N) is 3. The summed E-state index contributed by atoms with van der Waals surface area (Å²) in [5, 5.41) is 7.32. The quantitative estimate of drug-likeness (QED) is 0.345. The summed E-state index contributed by atoms with van der Waals surface area (Å²) in [4.78, 5) is 20.7. The van der Waals surface area contributed by atoms with E-state index in [-0.39, 0.29) is 0 Å². The van der Waals surface area contributed by atoms with E-state index in [1.54, 1.807) is 29.9 Å². The molecule has 0 aliphatic carbocycles. The highest BCUT2D eigenvalue weighted by molar-refractivity contribution is 7.14. The first-order valence-corrected chi connectivity index (χ1v) is 8.36. The molecule has 25 heavy (non-hydrogen) atoms. The summed E-state index contributed by atoms with van der Waals surface area (Å²) in [6, 6.07) is 14.7. The summed E-state index contributed by atoms with van der Waals surface area (Å²) < 4.78 is 5.35. The Kier molecular flexibility index (Phi) is 4.05. The van der Waals surface area contributed by atoms with Gasteiger partial charge in [0.15, 0.2) is 0 Å². The average molecular weight is 348 g/mol. The molecule has 0 fully saturated rings. The molecule has 3 aromatic heterocycles. The van der Waals surface area contributed by atoms with Crippen LogP contribution in [-0.2, 0) is 0 Å². The van der Waals surface area contributed by atoms with E-state index in [1.165, 1.54) is 11.3 Å². The van der Waals surface area contributed by atoms with Crippen molar-refractivity contribution in [2.24, 2.45) is 5.10 Å². The molecular formula is C18H12N4O2S. The summed E-state index contributed by atoms with van der Waals surface area (Å²) >= 11 is 1.36. The van der Waals surface area contributed by atoms with E-state index >= 15 is 0 Å². The van der Waals surface area contributed by atoms with Crippen molar-refractivity contribution in [3.8, 4) is 11.3 Å². The van der Waals surface area contributed by atoms with Crippen LogP contribution >= 0.6 is 11.3 Å². The fourth-order valence-corrected chi connectivity index (χ4v) is 2.95. The average Bonchev–Trinajstić information content (AvgIpc) is 3.11. The van der Waals surface area contributed by atoms with Crippen LogP contribution in [0.1, 0.15) is 5.69 Å². The molecule has 0 bridgehead atoms. The van der Waals surface area contributed by atoms with Gasteiger partial charge in [-0.15, -0.1) is 11.3 Å². The van der Waals surface area contributed by atoms with Crippen molar-refractivity contribution in [3.05, 3.63) is 76.2 Å². The summed E-state index contributed by atoms with van der Waals surface area (Å²) in [6.07, 6.45) is 3.30. The molecule has 0 saturated heterocycles. The lowest BCUT2D eigenvalue weighted by Crippen LogP contribution is -2.02. The summed E-state index contributed by atoms with van der Waals surface area (Å²) in [5.74, 6) is 0. The van der Waals surface area contributed by atoms with Gasteiger partial charge in [0.05, 0.1) is 23.2 Å². The molecule has 122 valence electrons. The largest absolute Gasteiger partial charge is 0.422 e. The predicted molar refractivity (Wildman–Crippen MR) is 99.0 cm³/mol. The lowest BCUT2D eigenvalue weighted by Gasteiger charge is -1.99. The Bertz CT molecular complexity index is 1100. The summed E-state index contributed by atoms with van der Waals surface area (Å²) in [6.45, 7) is 0. The van der Waals surface area contributed by atoms with E-state index < -0.39 is 5.63 Å². The lowest BCUT2D eigenvalue weighted by atomic mass is 10.1. The van der Waals surface area contributed by atoms with Gasteiger partial charge in [-0.2, -0.15) is 5.10 Å². The monoisotopic (exact) mass is 348 g/mol. The Morgan fingerprint density at radius 2 is 2.04 bits per heavy atom. The molecule has 1 N–H and O–H groups in total.